The number of aliphatic hydroxyl groups is 1. The molecule has 5 aromatic carbocycles. The van der Waals surface area contributed by atoms with Crippen LogP contribution < -0.4 is 0 Å². The number of hydrogen-bond donors (Lipinski definition) is 1. The van der Waals surface area contributed by atoms with Gasteiger partial charge in [0, 0.05) is 11.1 Å². The molecule has 1 N–H and O–H groups in total. The second-order valence-electron chi connectivity index (χ2n) is 11.1. The summed E-state index contributed by atoms with van der Waals surface area (Å²) in [6.07, 6.45) is 0. The molecular formula is C36H29IO2. The van der Waals surface area contributed by atoms with Crippen LogP contribution in [0.25, 0.3) is 22.3 Å². The van der Waals surface area contributed by atoms with Gasteiger partial charge in [0.25, 0.3) is 0 Å². The molecule has 0 bridgehead atoms. The normalized spacial score (nSPS) is 18.0. The summed E-state index contributed by atoms with van der Waals surface area (Å²) < 4.78 is 11.3. The van der Waals surface area contributed by atoms with E-state index >= 15 is 0 Å². The lowest BCUT2D eigenvalue weighted by Crippen LogP contribution is -2.29. The average Bonchev–Trinajstić information content (AvgIpc) is 3.39. The maximum atomic E-state index is 12.8. The first-order valence-electron chi connectivity index (χ1n) is 13.5. The fraction of sp³-hybridized carbons (Fsp3) is 0.167. The summed E-state index contributed by atoms with van der Waals surface area (Å²) in [7, 11) is 0. The summed E-state index contributed by atoms with van der Waals surface area (Å²) in [6, 6.07) is 39.0. The van der Waals surface area contributed by atoms with Gasteiger partial charge in [0.1, 0.15) is 0 Å². The van der Waals surface area contributed by atoms with E-state index in [4.69, 9.17) is 0 Å². The molecule has 1 unspecified atom stereocenters. The van der Waals surface area contributed by atoms with E-state index < -0.39 is 30.2 Å². The Morgan fingerprint density at radius 3 is 1.74 bits per heavy atom. The van der Waals surface area contributed by atoms with Gasteiger partial charge in [-0.2, -0.15) is 0 Å². The Hall–Kier alpha value is -3.41. The Labute approximate surface area is 240 Å². The highest BCUT2D eigenvalue weighted by Gasteiger charge is 2.50. The Bertz CT molecular complexity index is 1730. The third-order valence-electron chi connectivity index (χ3n) is 8.67. The van der Waals surface area contributed by atoms with Gasteiger partial charge < -0.3 is 5.11 Å². The predicted molar refractivity (Wildman–Crippen MR) is 166 cm³/mol. The highest BCUT2D eigenvalue weighted by molar-refractivity contribution is 14.1. The average molecular weight is 621 g/mol. The molecule has 0 amide bonds. The van der Waals surface area contributed by atoms with E-state index in [0.29, 0.717) is 5.92 Å². The van der Waals surface area contributed by atoms with Crippen molar-refractivity contribution in [3.8, 4) is 22.3 Å². The van der Waals surface area contributed by atoms with Crippen LogP contribution in [-0.2, 0) is 12.1 Å². The first-order chi connectivity index (χ1) is 18.9. The van der Waals surface area contributed by atoms with E-state index in [1.807, 2.05) is 13.0 Å². The van der Waals surface area contributed by atoms with Gasteiger partial charge >= 0.3 is 0 Å². The van der Waals surface area contributed by atoms with Crippen LogP contribution in [0.1, 0.15) is 64.3 Å². The second kappa shape index (κ2) is 8.80. The van der Waals surface area contributed by atoms with Gasteiger partial charge in [-0.05, 0) is 75.0 Å². The van der Waals surface area contributed by atoms with Crippen LogP contribution in [-0.4, -0.2) is 5.11 Å². The van der Waals surface area contributed by atoms with Gasteiger partial charge in [-0.25, -0.2) is 0 Å². The van der Waals surface area contributed by atoms with Gasteiger partial charge in [-0.3, -0.25) is 3.07 Å². The van der Waals surface area contributed by atoms with Crippen molar-refractivity contribution in [1.29, 1.82) is 0 Å². The molecule has 0 aromatic heterocycles. The van der Waals surface area contributed by atoms with Gasteiger partial charge in [-0.15, -0.1) is 0 Å². The molecule has 7 rings (SSSR count). The summed E-state index contributed by atoms with van der Waals surface area (Å²) in [5.41, 5.74) is 12.5. The van der Waals surface area contributed by atoms with Crippen molar-refractivity contribution in [2.75, 3.05) is 0 Å². The van der Waals surface area contributed by atoms with Crippen molar-refractivity contribution in [2.24, 2.45) is 0 Å². The first-order valence-corrected chi connectivity index (χ1v) is 15.4. The van der Waals surface area contributed by atoms with Crippen molar-refractivity contribution in [2.45, 2.75) is 35.7 Å². The molecule has 5 aromatic rings. The molecule has 0 saturated heterocycles. The topological polar surface area (TPSA) is 37.3 Å². The number of fused-ring (bicyclic) bond motifs is 6. The van der Waals surface area contributed by atoms with Crippen molar-refractivity contribution in [3.05, 3.63) is 154 Å². The SMILES string of the molecule is Cc1ccc2c(c1)C(O)(I=O)c1cc3c(cc1-2)C(c1ccccc1)(c1ccccc1)c1cc(C(C)C)ccc1-3. The fourth-order valence-electron chi connectivity index (χ4n) is 6.80. The summed E-state index contributed by atoms with van der Waals surface area (Å²) in [5, 5.41) is 11.9. The molecule has 2 nitrogen and oxygen atoms in total. The minimum absolute atomic E-state index is 0.388. The minimum atomic E-state index is -1.77. The zero-order chi connectivity index (χ0) is 26.9. The van der Waals surface area contributed by atoms with Crippen LogP contribution in [0.3, 0.4) is 0 Å². The lowest BCUT2D eigenvalue weighted by Gasteiger charge is -2.34. The Morgan fingerprint density at radius 2 is 1.13 bits per heavy atom. The van der Waals surface area contributed by atoms with E-state index in [2.05, 4.69) is 117 Å². The molecule has 3 heteroatoms. The summed E-state index contributed by atoms with van der Waals surface area (Å²) in [5.74, 6) is 0.388. The Balaban J connectivity index is 1.65. The third kappa shape index (κ3) is 3.30. The smallest absolute Gasteiger partial charge is 0.200 e. The van der Waals surface area contributed by atoms with Crippen molar-refractivity contribution in [3.63, 3.8) is 0 Å². The maximum Gasteiger partial charge on any atom is 0.200 e. The molecule has 192 valence electrons. The Morgan fingerprint density at radius 1 is 0.615 bits per heavy atom. The van der Waals surface area contributed by atoms with Crippen LogP contribution in [0.15, 0.2) is 109 Å². The van der Waals surface area contributed by atoms with Crippen molar-refractivity contribution >= 4 is 21.2 Å². The molecule has 0 heterocycles. The van der Waals surface area contributed by atoms with E-state index in [9.17, 15) is 8.18 Å². The van der Waals surface area contributed by atoms with Crippen molar-refractivity contribution < 1.29 is 8.18 Å². The first kappa shape index (κ1) is 24.6. The summed E-state index contributed by atoms with van der Waals surface area (Å²) in [6.45, 7) is 6.50. The van der Waals surface area contributed by atoms with E-state index in [0.717, 1.165) is 33.4 Å². The van der Waals surface area contributed by atoms with E-state index in [1.54, 1.807) is 0 Å². The molecule has 0 aliphatic heterocycles. The van der Waals surface area contributed by atoms with Crippen LogP contribution in [0.2, 0.25) is 0 Å². The molecular weight excluding hydrogens is 591 g/mol. The highest BCUT2D eigenvalue weighted by atomic mass is 127. The molecule has 39 heavy (non-hydrogen) atoms. The van der Waals surface area contributed by atoms with Gasteiger partial charge in [0.15, 0.2) is 24.8 Å². The number of alkyl halides is 1. The summed E-state index contributed by atoms with van der Waals surface area (Å²) in [4.78, 5) is 0. The lowest BCUT2D eigenvalue weighted by molar-refractivity contribution is 0.204. The molecule has 0 radical (unpaired) electrons. The monoisotopic (exact) mass is 620 g/mol. The molecule has 0 spiro atoms. The van der Waals surface area contributed by atoms with Gasteiger partial charge in [0.05, 0.1) is 5.41 Å². The van der Waals surface area contributed by atoms with Crippen LogP contribution in [0.5, 0.6) is 0 Å². The number of hydrogen-bond acceptors (Lipinski definition) is 2. The molecule has 0 saturated carbocycles. The fourth-order valence-corrected chi connectivity index (χ4v) is 8.17. The number of aryl methyl sites for hydroxylation is 1. The van der Waals surface area contributed by atoms with Gasteiger partial charge in [-0.1, -0.05) is 116 Å². The van der Waals surface area contributed by atoms with Crippen LogP contribution >= 0.6 is 21.2 Å². The number of halogens is 1. The van der Waals surface area contributed by atoms with E-state index in [1.165, 1.54) is 33.4 Å². The number of rotatable bonds is 4. The summed E-state index contributed by atoms with van der Waals surface area (Å²) >= 11 is -1.77. The molecule has 2 aliphatic carbocycles. The zero-order valence-electron chi connectivity index (χ0n) is 22.2. The molecule has 1 atom stereocenters. The minimum Gasteiger partial charge on any atom is -0.369 e. The maximum absolute atomic E-state index is 12.8. The van der Waals surface area contributed by atoms with E-state index in [-0.39, 0.29) is 0 Å². The third-order valence-corrected chi connectivity index (χ3v) is 10.5. The van der Waals surface area contributed by atoms with Crippen LogP contribution in [0.4, 0.5) is 0 Å². The predicted octanol–water partition coefficient (Wildman–Crippen LogP) is 8.97. The standard InChI is InChI=1S/C36H29IO2/c1-22(2)24-15-17-27-29-21-34-30(28-16-14-23(3)18-33(28)36(34,38)37-39)20-32(29)35(31(27)19-24,25-10-6-4-7-11-25)26-12-8-5-9-13-26/h4-22,38H,1-3H3. The second-order valence-corrected chi connectivity index (χ2v) is 13.1. The van der Waals surface area contributed by atoms with Crippen molar-refractivity contribution in [1.82, 2.24) is 0 Å². The van der Waals surface area contributed by atoms with Crippen LogP contribution in [0, 0.1) is 6.92 Å². The molecule has 0 fully saturated rings. The number of benzene rings is 5. The zero-order valence-corrected chi connectivity index (χ0v) is 24.4. The van der Waals surface area contributed by atoms with Gasteiger partial charge in [0.2, 0.25) is 0 Å². The lowest BCUT2D eigenvalue weighted by atomic mass is 9.67. The quantitative estimate of drug-likeness (QED) is 0.158. The molecule has 2 aliphatic rings. The Kier molecular flexibility index (Phi) is 5.56. The largest absolute Gasteiger partial charge is 0.369 e. The highest BCUT2D eigenvalue weighted by Crippen LogP contribution is 2.61.